The molecule has 9 rings (SSSR count). The van der Waals surface area contributed by atoms with Gasteiger partial charge in [0.25, 0.3) is 0 Å². The van der Waals surface area contributed by atoms with Gasteiger partial charge in [0.2, 0.25) is 5.76 Å². The van der Waals surface area contributed by atoms with Crippen molar-refractivity contribution in [2.24, 2.45) is 46.8 Å². The summed E-state index contributed by atoms with van der Waals surface area (Å²) in [7, 11) is 1.51. The van der Waals surface area contributed by atoms with Crippen LogP contribution < -0.4 is 0 Å². The van der Waals surface area contributed by atoms with E-state index >= 15 is 0 Å². The third-order valence-corrected chi connectivity index (χ3v) is 15.2. The summed E-state index contributed by atoms with van der Waals surface area (Å²) in [6.07, 6.45) is 22.6. The zero-order valence-electron chi connectivity index (χ0n) is 30.6. The van der Waals surface area contributed by atoms with Crippen LogP contribution in [0.2, 0.25) is 0 Å². The molecule has 4 aliphatic heterocycles. The Hall–Kier alpha value is -2.87. The summed E-state index contributed by atoms with van der Waals surface area (Å²) in [6, 6.07) is 11.6. The van der Waals surface area contributed by atoms with Gasteiger partial charge >= 0.3 is 5.97 Å². The third kappa shape index (κ3) is 5.50. The standard InChI is InChI=1S/C44H57NO6/c1-26-36-34-23-31-32(24-44(19-8-9-20-44)37(31)28-14-4-3-5-15-28)38(39(47)30-17-10-16-29(22-30)27-12-6-7-13-27)45(34)21-11-18-35(36)50-40(26)42-41(49-2)33(25-46)43(48)51-42/h3-5,10,14-15,17-18,26-27,29-32,34,36-39,46-47H,6-9,11-13,16,19-25H2,1-2H3/t26-,29-,30-,31-,32+,34-,36+,37+,38+,39+/m1/s1. The van der Waals surface area contributed by atoms with Gasteiger partial charge in [0.05, 0.1) is 19.8 Å². The van der Waals surface area contributed by atoms with E-state index < -0.39 is 18.7 Å². The second kappa shape index (κ2) is 13.5. The van der Waals surface area contributed by atoms with Crippen molar-refractivity contribution in [1.29, 1.82) is 0 Å². The van der Waals surface area contributed by atoms with E-state index in [9.17, 15) is 15.0 Å². The Morgan fingerprint density at radius 2 is 1.80 bits per heavy atom. The fraction of sp³-hybridized carbons (Fsp3) is 0.659. The highest BCUT2D eigenvalue weighted by Crippen LogP contribution is 2.67. The number of carbonyl (C=O) groups excluding carboxylic acids is 1. The van der Waals surface area contributed by atoms with Gasteiger partial charge in [-0.3, -0.25) is 4.90 Å². The zero-order chi connectivity index (χ0) is 34.9. The lowest BCUT2D eigenvalue weighted by Gasteiger charge is -2.53. The number of hydrogen-bond donors (Lipinski definition) is 2. The number of benzene rings is 1. The van der Waals surface area contributed by atoms with Crippen LogP contribution in [0.4, 0.5) is 0 Å². The summed E-state index contributed by atoms with van der Waals surface area (Å²) >= 11 is 0. The van der Waals surface area contributed by atoms with Gasteiger partial charge in [-0.05, 0) is 91.6 Å². The third-order valence-electron chi connectivity index (χ3n) is 15.2. The molecule has 1 aromatic carbocycles. The number of methoxy groups -OCH3 is 1. The highest BCUT2D eigenvalue weighted by molar-refractivity contribution is 5.94. The van der Waals surface area contributed by atoms with Crippen molar-refractivity contribution in [3.63, 3.8) is 0 Å². The van der Waals surface area contributed by atoms with Gasteiger partial charge in [-0.1, -0.05) is 87.9 Å². The number of aliphatic hydroxyl groups excluding tert-OH is 2. The topological polar surface area (TPSA) is 88.5 Å². The molecule has 0 amide bonds. The van der Waals surface area contributed by atoms with Crippen LogP contribution in [-0.4, -0.2) is 59.5 Å². The second-order valence-corrected chi connectivity index (χ2v) is 17.4. The minimum atomic E-state index is -0.575. The molecule has 5 fully saturated rings. The Balaban J connectivity index is 1.12. The van der Waals surface area contributed by atoms with Crippen LogP contribution in [0.25, 0.3) is 0 Å². The predicted octanol–water partition coefficient (Wildman–Crippen LogP) is 7.77. The molecule has 2 N–H and O–H groups in total. The van der Waals surface area contributed by atoms with E-state index in [2.05, 4.69) is 60.4 Å². The molecule has 0 aromatic heterocycles. The SMILES string of the molecule is COC1=C(CO)C(=O)OC1=C1OC2=CCCN3[C@H]([C@@H](O)[C@@H]4C=CC[C@@H](C5CCCC5)C4)[C@H]4CC5(CCCC5)[C@@H](c5ccccc5)[C@@H]4C[C@@H]3[C@@H]2[C@H]1C. The van der Waals surface area contributed by atoms with Crippen molar-refractivity contribution < 1.29 is 29.2 Å². The van der Waals surface area contributed by atoms with E-state index in [1.807, 2.05) is 0 Å². The normalized spacial score (nSPS) is 39.7. The van der Waals surface area contributed by atoms with Crippen molar-refractivity contribution >= 4 is 5.97 Å². The quantitative estimate of drug-likeness (QED) is 0.232. The van der Waals surface area contributed by atoms with E-state index in [-0.39, 0.29) is 46.6 Å². The lowest BCUT2D eigenvalue weighted by molar-refractivity contribution is -0.133. The molecule has 2 saturated heterocycles. The monoisotopic (exact) mass is 695 g/mol. The van der Waals surface area contributed by atoms with E-state index in [0.29, 0.717) is 35.2 Å². The molecule has 7 heteroatoms. The average molecular weight is 696 g/mol. The number of esters is 1. The number of rotatable bonds is 6. The number of carbonyl (C=O) groups is 1. The molecule has 4 heterocycles. The van der Waals surface area contributed by atoms with Crippen LogP contribution in [0.5, 0.6) is 0 Å². The van der Waals surface area contributed by atoms with E-state index in [4.69, 9.17) is 14.2 Å². The number of aliphatic hydroxyl groups is 2. The fourth-order valence-corrected chi connectivity index (χ4v) is 13.2. The van der Waals surface area contributed by atoms with Crippen molar-refractivity contribution in [3.05, 3.63) is 82.7 Å². The summed E-state index contributed by atoms with van der Waals surface area (Å²) in [5.41, 5.74) is 1.91. The molecule has 0 radical (unpaired) electrons. The van der Waals surface area contributed by atoms with Crippen LogP contribution >= 0.6 is 0 Å². The minimum absolute atomic E-state index is 0.0605. The van der Waals surface area contributed by atoms with Crippen molar-refractivity contribution in [3.8, 4) is 0 Å². The van der Waals surface area contributed by atoms with Crippen molar-refractivity contribution in [2.45, 2.75) is 114 Å². The van der Waals surface area contributed by atoms with Crippen LogP contribution in [0.3, 0.4) is 0 Å². The Labute approximate surface area is 303 Å². The number of fused-ring (bicyclic) bond motifs is 4. The molecule has 1 aromatic rings. The molecule has 1 spiro atoms. The van der Waals surface area contributed by atoms with Gasteiger partial charge < -0.3 is 24.4 Å². The van der Waals surface area contributed by atoms with E-state index in [1.165, 1.54) is 70.5 Å². The number of allylic oxidation sites excluding steroid dienone is 2. The van der Waals surface area contributed by atoms with Crippen molar-refractivity contribution in [2.75, 3.05) is 20.3 Å². The Morgan fingerprint density at radius 1 is 1.02 bits per heavy atom. The van der Waals surface area contributed by atoms with Crippen molar-refractivity contribution in [1.82, 2.24) is 4.90 Å². The lowest BCUT2D eigenvalue weighted by Crippen LogP contribution is -2.61. The Kier molecular flexibility index (Phi) is 9.00. The first kappa shape index (κ1) is 33.9. The maximum atomic E-state index is 13.0. The minimum Gasteiger partial charge on any atom is -0.492 e. The van der Waals surface area contributed by atoms with E-state index in [0.717, 1.165) is 43.9 Å². The number of piperidine rings is 1. The van der Waals surface area contributed by atoms with Gasteiger partial charge in [0, 0.05) is 36.4 Å². The smallest absolute Gasteiger partial charge is 0.345 e. The molecule has 7 nitrogen and oxygen atoms in total. The van der Waals surface area contributed by atoms with Gasteiger partial charge in [-0.25, -0.2) is 4.79 Å². The Bertz CT molecular complexity index is 1610. The van der Waals surface area contributed by atoms with Gasteiger partial charge in [0.15, 0.2) is 11.5 Å². The van der Waals surface area contributed by atoms with Crippen LogP contribution in [0, 0.1) is 46.8 Å². The maximum Gasteiger partial charge on any atom is 0.345 e. The molecule has 4 aliphatic carbocycles. The Morgan fingerprint density at radius 3 is 2.55 bits per heavy atom. The number of cyclic esters (lactones) is 1. The number of ether oxygens (including phenoxy) is 3. The van der Waals surface area contributed by atoms with Crippen LogP contribution in [0.15, 0.2) is 77.2 Å². The molecule has 274 valence electrons. The molecule has 51 heavy (non-hydrogen) atoms. The molecule has 10 atom stereocenters. The summed E-state index contributed by atoms with van der Waals surface area (Å²) < 4.78 is 18.1. The van der Waals surface area contributed by atoms with E-state index in [1.54, 1.807) is 0 Å². The van der Waals surface area contributed by atoms with Gasteiger partial charge in [-0.2, -0.15) is 0 Å². The lowest BCUT2D eigenvalue weighted by atomic mass is 9.65. The first-order chi connectivity index (χ1) is 24.9. The van der Waals surface area contributed by atoms with Gasteiger partial charge in [0.1, 0.15) is 11.3 Å². The van der Waals surface area contributed by atoms with Crippen LogP contribution in [0.1, 0.15) is 102 Å². The first-order valence-electron chi connectivity index (χ1n) is 20.3. The summed E-state index contributed by atoms with van der Waals surface area (Å²) in [4.78, 5) is 15.5. The first-order valence-corrected chi connectivity index (χ1v) is 20.3. The highest BCUT2D eigenvalue weighted by atomic mass is 16.6. The zero-order valence-corrected chi connectivity index (χ0v) is 30.6. The summed E-state index contributed by atoms with van der Waals surface area (Å²) in [5.74, 6) is 4.63. The largest absolute Gasteiger partial charge is 0.492 e. The predicted molar refractivity (Wildman–Crippen MR) is 195 cm³/mol. The van der Waals surface area contributed by atoms with Crippen LogP contribution in [-0.2, 0) is 19.0 Å². The number of hydrogen-bond acceptors (Lipinski definition) is 7. The fourth-order valence-electron chi connectivity index (χ4n) is 13.2. The molecule has 8 aliphatic rings. The molecule has 0 unspecified atom stereocenters. The molecular formula is C44H57NO6. The average Bonchev–Trinajstić information content (AvgIpc) is 3.99. The number of nitrogens with zero attached hydrogens (tertiary/aromatic N) is 1. The molecule has 0 bridgehead atoms. The summed E-state index contributed by atoms with van der Waals surface area (Å²) in [5, 5.41) is 22.9. The maximum absolute atomic E-state index is 13.0. The molecule has 3 saturated carbocycles. The summed E-state index contributed by atoms with van der Waals surface area (Å²) in [6.45, 7) is 2.67. The second-order valence-electron chi connectivity index (χ2n) is 17.4. The van der Waals surface area contributed by atoms with Gasteiger partial charge in [-0.15, -0.1) is 0 Å². The highest BCUT2D eigenvalue weighted by Gasteiger charge is 2.63. The molecular weight excluding hydrogens is 638 g/mol.